The van der Waals surface area contributed by atoms with E-state index >= 15 is 0 Å². The molecule has 0 radical (unpaired) electrons. The molecule has 1 fully saturated rings. The average molecular weight is 406 g/mol. The fraction of sp³-hybridized carbons (Fsp3) is 0.158. The summed E-state index contributed by atoms with van der Waals surface area (Å²) in [4.78, 5) is 14.9. The first kappa shape index (κ1) is 18.8. The van der Waals surface area contributed by atoms with Crippen LogP contribution in [0.3, 0.4) is 0 Å². The maximum Gasteiger partial charge on any atom is 0.270 e. The molecule has 1 aliphatic rings. The molecule has 26 heavy (non-hydrogen) atoms. The van der Waals surface area contributed by atoms with Crippen molar-refractivity contribution in [1.82, 2.24) is 0 Å². The Morgan fingerprint density at radius 3 is 2.62 bits per heavy atom. The highest BCUT2D eigenvalue weighted by molar-refractivity contribution is 8.27. The summed E-state index contributed by atoms with van der Waals surface area (Å²) in [5.41, 5.74) is 1.46. The zero-order valence-corrected chi connectivity index (χ0v) is 16.6. The molecule has 3 rings (SSSR count). The van der Waals surface area contributed by atoms with Gasteiger partial charge in [-0.2, -0.15) is 0 Å². The van der Waals surface area contributed by atoms with Crippen LogP contribution in [0.25, 0.3) is 6.08 Å². The number of thioether (sulfide) groups is 1. The number of rotatable bonds is 5. The van der Waals surface area contributed by atoms with Crippen LogP contribution in [0.4, 0.5) is 5.69 Å². The maximum absolute atomic E-state index is 12.9. The summed E-state index contributed by atoms with van der Waals surface area (Å²) in [6, 6.07) is 12.6. The van der Waals surface area contributed by atoms with Gasteiger partial charge in [-0.1, -0.05) is 47.7 Å². The van der Waals surface area contributed by atoms with E-state index in [0.717, 1.165) is 5.56 Å². The lowest BCUT2D eigenvalue weighted by Gasteiger charge is -2.14. The summed E-state index contributed by atoms with van der Waals surface area (Å²) in [7, 11) is 1.58. The number of para-hydroxylation sites is 1. The minimum Gasteiger partial charge on any atom is -0.493 e. The molecule has 0 spiro atoms. The van der Waals surface area contributed by atoms with E-state index in [-0.39, 0.29) is 5.91 Å². The third-order valence-corrected chi connectivity index (χ3v) is 5.24. The van der Waals surface area contributed by atoms with Gasteiger partial charge in [-0.3, -0.25) is 9.69 Å². The molecule has 7 heteroatoms. The Morgan fingerprint density at radius 1 is 1.23 bits per heavy atom. The number of nitrogens with zero attached hydrogens (tertiary/aromatic N) is 1. The zero-order chi connectivity index (χ0) is 18.7. The molecule has 1 saturated heterocycles. The third-order valence-electron chi connectivity index (χ3n) is 3.68. The van der Waals surface area contributed by atoms with E-state index in [9.17, 15) is 4.79 Å². The van der Waals surface area contributed by atoms with Crippen LogP contribution in [0.5, 0.6) is 11.5 Å². The van der Waals surface area contributed by atoms with E-state index < -0.39 is 0 Å². The largest absolute Gasteiger partial charge is 0.493 e. The molecule has 134 valence electrons. The van der Waals surface area contributed by atoms with Gasteiger partial charge in [0.15, 0.2) is 15.8 Å². The lowest BCUT2D eigenvalue weighted by Crippen LogP contribution is -2.27. The van der Waals surface area contributed by atoms with Gasteiger partial charge in [-0.25, -0.2) is 0 Å². The SMILES string of the molecule is CCOc1c(/C=C2\SC(=S)N(c3ccc(Cl)cc3)C2=O)cccc1OC. The summed E-state index contributed by atoms with van der Waals surface area (Å²) in [5.74, 6) is 1.05. The Labute approximate surface area is 166 Å². The highest BCUT2D eigenvalue weighted by Gasteiger charge is 2.33. The standard InChI is InChI=1S/C19H16ClNO3S2/c1-3-24-17-12(5-4-6-15(17)23-2)11-16-18(22)21(19(25)26-16)14-9-7-13(20)8-10-14/h4-11H,3H2,1-2H3/b16-11-. The van der Waals surface area contributed by atoms with Crippen molar-refractivity contribution < 1.29 is 14.3 Å². The molecule has 2 aromatic rings. The monoisotopic (exact) mass is 405 g/mol. The topological polar surface area (TPSA) is 38.8 Å². The summed E-state index contributed by atoms with van der Waals surface area (Å²) in [5, 5.41) is 0.604. The number of anilines is 1. The fourth-order valence-electron chi connectivity index (χ4n) is 2.53. The number of ether oxygens (including phenoxy) is 2. The van der Waals surface area contributed by atoms with Crippen LogP contribution in [0.1, 0.15) is 12.5 Å². The molecule has 2 aromatic carbocycles. The number of amides is 1. The molecule has 0 saturated carbocycles. The molecule has 4 nitrogen and oxygen atoms in total. The van der Waals surface area contributed by atoms with Gasteiger partial charge in [-0.15, -0.1) is 0 Å². The van der Waals surface area contributed by atoms with Crippen LogP contribution in [0, 0.1) is 0 Å². The molecule has 0 atom stereocenters. The number of carbonyl (C=O) groups is 1. The van der Waals surface area contributed by atoms with Crippen LogP contribution < -0.4 is 14.4 Å². The van der Waals surface area contributed by atoms with Crippen molar-refractivity contribution in [3.8, 4) is 11.5 Å². The van der Waals surface area contributed by atoms with Crippen LogP contribution >= 0.6 is 35.6 Å². The number of hydrogen-bond acceptors (Lipinski definition) is 5. The minimum atomic E-state index is -0.174. The van der Waals surface area contributed by atoms with E-state index in [1.165, 1.54) is 16.7 Å². The molecular weight excluding hydrogens is 390 g/mol. The van der Waals surface area contributed by atoms with Crippen LogP contribution in [0.15, 0.2) is 47.4 Å². The van der Waals surface area contributed by atoms with Gasteiger partial charge in [-0.05, 0) is 43.3 Å². The number of thiocarbonyl (C=S) groups is 1. The smallest absolute Gasteiger partial charge is 0.270 e. The van der Waals surface area contributed by atoms with E-state index in [2.05, 4.69) is 0 Å². The molecular formula is C19H16ClNO3S2. The van der Waals surface area contributed by atoms with Gasteiger partial charge < -0.3 is 9.47 Å². The second-order valence-electron chi connectivity index (χ2n) is 5.31. The van der Waals surface area contributed by atoms with Gasteiger partial charge in [0.2, 0.25) is 0 Å². The van der Waals surface area contributed by atoms with Crippen molar-refractivity contribution in [3.05, 3.63) is 58.0 Å². The average Bonchev–Trinajstić information content (AvgIpc) is 2.91. The second kappa shape index (κ2) is 8.12. The van der Waals surface area contributed by atoms with Gasteiger partial charge in [0.1, 0.15) is 0 Å². The molecule has 0 bridgehead atoms. The minimum absolute atomic E-state index is 0.174. The van der Waals surface area contributed by atoms with E-state index in [1.807, 2.05) is 25.1 Å². The van der Waals surface area contributed by atoms with Gasteiger partial charge >= 0.3 is 0 Å². The summed E-state index contributed by atoms with van der Waals surface area (Å²) < 4.78 is 11.5. The first-order valence-electron chi connectivity index (χ1n) is 7.88. The van der Waals surface area contributed by atoms with Crippen LogP contribution in [-0.2, 0) is 4.79 Å². The normalized spacial score (nSPS) is 15.7. The fourth-order valence-corrected chi connectivity index (χ4v) is 3.94. The molecule has 0 aromatic heterocycles. The van der Waals surface area contributed by atoms with Crippen molar-refractivity contribution >= 4 is 57.6 Å². The molecule has 0 aliphatic carbocycles. The predicted octanol–water partition coefficient (Wildman–Crippen LogP) is 5.15. The van der Waals surface area contributed by atoms with Crippen LogP contribution in [0.2, 0.25) is 5.02 Å². The van der Waals surface area contributed by atoms with Crippen molar-refractivity contribution in [3.63, 3.8) is 0 Å². The summed E-state index contributed by atoms with van der Waals surface area (Å²) in [6.07, 6.45) is 1.78. The summed E-state index contributed by atoms with van der Waals surface area (Å²) >= 11 is 12.6. The first-order valence-corrected chi connectivity index (χ1v) is 9.48. The second-order valence-corrected chi connectivity index (χ2v) is 7.42. The lowest BCUT2D eigenvalue weighted by molar-refractivity contribution is -0.113. The molecule has 1 aliphatic heterocycles. The molecule has 1 amide bonds. The number of methoxy groups -OCH3 is 1. The highest BCUT2D eigenvalue weighted by atomic mass is 35.5. The Kier molecular flexibility index (Phi) is 5.86. The Morgan fingerprint density at radius 2 is 1.96 bits per heavy atom. The van der Waals surface area contributed by atoms with Gasteiger partial charge in [0.25, 0.3) is 5.91 Å². The highest BCUT2D eigenvalue weighted by Crippen LogP contribution is 2.39. The van der Waals surface area contributed by atoms with E-state index in [4.69, 9.17) is 33.3 Å². The Hall–Kier alpha value is -2.02. The molecule has 0 unspecified atom stereocenters. The maximum atomic E-state index is 12.9. The van der Waals surface area contributed by atoms with Crippen molar-refractivity contribution in [2.45, 2.75) is 6.92 Å². The number of benzene rings is 2. The van der Waals surface area contributed by atoms with E-state index in [0.29, 0.717) is 38.0 Å². The zero-order valence-electron chi connectivity index (χ0n) is 14.2. The van der Waals surface area contributed by atoms with E-state index in [1.54, 1.807) is 37.5 Å². The number of hydrogen-bond donors (Lipinski definition) is 0. The predicted molar refractivity (Wildman–Crippen MR) is 111 cm³/mol. The third kappa shape index (κ3) is 3.72. The van der Waals surface area contributed by atoms with Gasteiger partial charge in [0, 0.05) is 10.6 Å². The molecule has 0 N–H and O–H groups in total. The number of halogens is 1. The van der Waals surface area contributed by atoms with Crippen molar-refractivity contribution in [1.29, 1.82) is 0 Å². The Bertz CT molecular complexity index is 881. The Balaban J connectivity index is 1.97. The first-order chi connectivity index (χ1) is 12.5. The van der Waals surface area contributed by atoms with Crippen LogP contribution in [-0.4, -0.2) is 23.9 Å². The lowest BCUT2D eigenvalue weighted by atomic mass is 10.1. The molecule has 1 heterocycles. The van der Waals surface area contributed by atoms with Gasteiger partial charge in [0.05, 0.1) is 24.3 Å². The number of carbonyl (C=O) groups excluding carboxylic acids is 1. The van der Waals surface area contributed by atoms with Crippen molar-refractivity contribution in [2.75, 3.05) is 18.6 Å². The van der Waals surface area contributed by atoms with Crippen molar-refractivity contribution in [2.24, 2.45) is 0 Å². The quantitative estimate of drug-likeness (QED) is 0.508. The summed E-state index contributed by atoms with van der Waals surface area (Å²) in [6.45, 7) is 2.39.